The Kier molecular flexibility index (Phi) is 4.77. The van der Waals surface area contributed by atoms with Crippen LogP contribution in [0.3, 0.4) is 0 Å². The number of rotatable bonds is 4. The second-order valence-electron chi connectivity index (χ2n) is 4.11. The Balaban J connectivity index is 2.30. The summed E-state index contributed by atoms with van der Waals surface area (Å²) in [6.45, 7) is 0. The molecular weight excluding hydrogens is 345 g/mol. The lowest BCUT2D eigenvalue weighted by atomic mass is 10.2. The Morgan fingerprint density at radius 2 is 2.10 bits per heavy atom. The predicted octanol–water partition coefficient (Wildman–Crippen LogP) is 3.49. The van der Waals surface area contributed by atoms with E-state index in [1.165, 1.54) is 13.2 Å². The van der Waals surface area contributed by atoms with Gasteiger partial charge < -0.3 is 10.5 Å². The Bertz CT molecular complexity index is 664. The minimum atomic E-state index is -1.38. The lowest BCUT2D eigenvalue weighted by molar-refractivity contribution is 0.413. The van der Waals surface area contributed by atoms with Crippen LogP contribution in [0.25, 0.3) is 0 Å². The number of methoxy groups -OCH3 is 1. The van der Waals surface area contributed by atoms with Gasteiger partial charge in [-0.25, -0.2) is 4.39 Å². The van der Waals surface area contributed by atoms with Crippen LogP contribution in [-0.4, -0.2) is 11.3 Å². The highest BCUT2D eigenvalue weighted by atomic mass is 79.9. The first-order valence-corrected chi connectivity index (χ1v) is 7.89. The molecule has 0 amide bonds. The topological polar surface area (TPSA) is 52.3 Å². The minimum absolute atomic E-state index is 0.176. The number of ether oxygens (including phenoxy) is 1. The van der Waals surface area contributed by atoms with Gasteiger partial charge in [0.15, 0.2) is 0 Å². The maximum Gasteiger partial charge on any atom is 0.137 e. The van der Waals surface area contributed by atoms with Gasteiger partial charge in [0.1, 0.15) is 11.6 Å². The summed E-state index contributed by atoms with van der Waals surface area (Å²) in [5.74, 6) is 0.384. The van der Waals surface area contributed by atoms with Gasteiger partial charge in [0.2, 0.25) is 0 Å². The smallest absolute Gasteiger partial charge is 0.137 e. The third kappa shape index (κ3) is 3.19. The Labute approximate surface area is 127 Å². The molecule has 20 heavy (non-hydrogen) atoms. The molecule has 0 saturated heterocycles. The molecular formula is C14H13BrFNO2S. The van der Waals surface area contributed by atoms with Crippen LogP contribution in [0, 0.1) is 5.82 Å². The van der Waals surface area contributed by atoms with Crippen LogP contribution in [-0.2, 0) is 16.6 Å². The first-order valence-electron chi connectivity index (χ1n) is 5.77. The molecule has 3 nitrogen and oxygen atoms in total. The van der Waals surface area contributed by atoms with Crippen molar-refractivity contribution in [3.05, 3.63) is 52.3 Å². The summed E-state index contributed by atoms with van der Waals surface area (Å²) in [7, 11) is 0.151. The maximum atomic E-state index is 13.4. The molecule has 2 N–H and O–H groups in total. The van der Waals surface area contributed by atoms with E-state index in [1.807, 2.05) is 0 Å². The Morgan fingerprint density at radius 1 is 1.35 bits per heavy atom. The molecule has 2 aromatic rings. The lowest BCUT2D eigenvalue weighted by Gasteiger charge is -2.09. The summed E-state index contributed by atoms with van der Waals surface area (Å²) < 4.78 is 31.3. The Hall–Kier alpha value is -1.40. The van der Waals surface area contributed by atoms with Crippen molar-refractivity contribution in [2.75, 3.05) is 12.8 Å². The van der Waals surface area contributed by atoms with E-state index in [2.05, 4.69) is 15.9 Å². The molecule has 2 aromatic carbocycles. The van der Waals surface area contributed by atoms with Crippen LogP contribution in [0.15, 0.2) is 45.8 Å². The molecule has 0 aliphatic rings. The van der Waals surface area contributed by atoms with Crippen molar-refractivity contribution in [1.29, 1.82) is 0 Å². The molecule has 0 spiro atoms. The van der Waals surface area contributed by atoms with Gasteiger partial charge in [0.25, 0.3) is 0 Å². The number of hydrogen-bond acceptors (Lipinski definition) is 3. The van der Waals surface area contributed by atoms with Gasteiger partial charge in [-0.15, -0.1) is 0 Å². The number of nitrogens with two attached hydrogens (primary N) is 1. The highest BCUT2D eigenvalue weighted by Crippen LogP contribution is 2.27. The largest absolute Gasteiger partial charge is 0.497 e. The van der Waals surface area contributed by atoms with Gasteiger partial charge in [0, 0.05) is 5.69 Å². The zero-order chi connectivity index (χ0) is 14.7. The molecule has 106 valence electrons. The van der Waals surface area contributed by atoms with Crippen molar-refractivity contribution in [3.63, 3.8) is 0 Å². The highest BCUT2D eigenvalue weighted by Gasteiger charge is 2.13. The summed E-state index contributed by atoms with van der Waals surface area (Å²) in [4.78, 5) is 0.487. The van der Waals surface area contributed by atoms with E-state index < -0.39 is 10.8 Å². The molecule has 0 aromatic heterocycles. The summed E-state index contributed by atoms with van der Waals surface area (Å²) in [5.41, 5.74) is 6.89. The molecule has 1 atom stereocenters. The van der Waals surface area contributed by atoms with E-state index in [9.17, 15) is 8.60 Å². The molecule has 2 rings (SSSR count). The standard InChI is InChI=1S/C14H13BrFNO2S/c1-19-10-5-6-12(17)13(7-10)20(18)8-9-3-2-4-11(16)14(9)15/h2-7H,8,17H2,1H3. The van der Waals surface area contributed by atoms with E-state index in [4.69, 9.17) is 10.5 Å². The second-order valence-corrected chi connectivity index (χ2v) is 6.32. The van der Waals surface area contributed by atoms with Crippen LogP contribution in [0.4, 0.5) is 10.1 Å². The molecule has 0 fully saturated rings. The van der Waals surface area contributed by atoms with Gasteiger partial charge in [-0.2, -0.15) is 0 Å². The number of hydrogen-bond donors (Lipinski definition) is 1. The average molecular weight is 358 g/mol. The van der Waals surface area contributed by atoms with Crippen molar-refractivity contribution in [2.45, 2.75) is 10.6 Å². The Morgan fingerprint density at radius 3 is 2.80 bits per heavy atom. The SMILES string of the molecule is COc1ccc(N)c(S(=O)Cc2cccc(F)c2Br)c1. The number of nitrogen functional groups attached to an aromatic ring is 1. The van der Waals surface area contributed by atoms with E-state index in [-0.39, 0.29) is 11.6 Å². The molecule has 6 heteroatoms. The summed E-state index contributed by atoms with van der Waals surface area (Å²) in [5, 5.41) is 0. The fraction of sp³-hybridized carbons (Fsp3) is 0.143. The van der Waals surface area contributed by atoms with Gasteiger partial charge in [0.05, 0.1) is 33.0 Å². The predicted molar refractivity (Wildman–Crippen MR) is 81.6 cm³/mol. The number of anilines is 1. The van der Waals surface area contributed by atoms with E-state index in [1.54, 1.807) is 30.3 Å². The first kappa shape index (κ1) is 15.0. The fourth-order valence-electron chi connectivity index (χ4n) is 1.72. The van der Waals surface area contributed by atoms with Gasteiger partial charge in [-0.1, -0.05) is 12.1 Å². The third-order valence-corrected chi connectivity index (χ3v) is 5.09. The van der Waals surface area contributed by atoms with Gasteiger partial charge in [-0.3, -0.25) is 4.21 Å². The summed E-state index contributed by atoms with van der Waals surface area (Å²) >= 11 is 3.16. The van der Waals surface area contributed by atoms with Crippen molar-refractivity contribution < 1.29 is 13.3 Å². The van der Waals surface area contributed by atoms with Crippen molar-refractivity contribution in [3.8, 4) is 5.75 Å². The quantitative estimate of drug-likeness (QED) is 0.852. The second kappa shape index (κ2) is 6.37. The molecule has 0 radical (unpaired) electrons. The lowest BCUT2D eigenvalue weighted by Crippen LogP contribution is -2.02. The molecule has 0 heterocycles. The molecule has 0 bridgehead atoms. The van der Waals surface area contributed by atoms with E-state index >= 15 is 0 Å². The summed E-state index contributed by atoms with van der Waals surface area (Å²) in [6, 6.07) is 9.64. The molecule has 0 aliphatic carbocycles. The fourth-order valence-corrected chi connectivity index (χ4v) is 3.56. The van der Waals surface area contributed by atoms with E-state index in [0.29, 0.717) is 26.4 Å². The number of benzene rings is 2. The van der Waals surface area contributed by atoms with Crippen molar-refractivity contribution in [2.24, 2.45) is 0 Å². The molecule has 0 saturated carbocycles. The third-order valence-electron chi connectivity index (χ3n) is 2.78. The zero-order valence-corrected chi connectivity index (χ0v) is 13.1. The molecule has 1 unspecified atom stereocenters. The average Bonchev–Trinajstić information content (AvgIpc) is 2.44. The van der Waals surface area contributed by atoms with Crippen LogP contribution in [0.5, 0.6) is 5.75 Å². The summed E-state index contributed by atoms with van der Waals surface area (Å²) in [6.07, 6.45) is 0. The van der Waals surface area contributed by atoms with E-state index in [0.717, 1.165) is 0 Å². The highest BCUT2D eigenvalue weighted by molar-refractivity contribution is 9.10. The van der Waals surface area contributed by atoms with Crippen LogP contribution >= 0.6 is 15.9 Å². The first-order chi connectivity index (χ1) is 9.52. The minimum Gasteiger partial charge on any atom is -0.497 e. The van der Waals surface area contributed by atoms with Gasteiger partial charge >= 0.3 is 0 Å². The van der Waals surface area contributed by atoms with Gasteiger partial charge in [-0.05, 0) is 45.8 Å². The number of halogens is 2. The van der Waals surface area contributed by atoms with Crippen molar-refractivity contribution in [1.82, 2.24) is 0 Å². The van der Waals surface area contributed by atoms with Crippen LogP contribution in [0.1, 0.15) is 5.56 Å². The maximum absolute atomic E-state index is 13.4. The van der Waals surface area contributed by atoms with Crippen LogP contribution < -0.4 is 10.5 Å². The molecule has 0 aliphatic heterocycles. The monoisotopic (exact) mass is 357 g/mol. The zero-order valence-electron chi connectivity index (χ0n) is 10.7. The normalized spacial score (nSPS) is 12.2. The van der Waals surface area contributed by atoms with Crippen LogP contribution in [0.2, 0.25) is 0 Å². The van der Waals surface area contributed by atoms with Crippen molar-refractivity contribution >= 4 is 32.4 Å².